The highest BCUT2D eigenvalue weighted by Crippen LogP contribution is 2.65. The molecule has 2 nitrogen and oxygen atoms in total. The second-order valence-corrected chi connectivity index (χ2v) is 34.9. The molecule has 0 bridgehead atoms. The number of para-hydroxylation sites is 1. The fraction of sp³-hybridized carbons (Fsp3) is 0.0233. The molecule has 1 spiro atoms. The van der Waals surface area contributed by atoms with Crippen LogP contribution in [0.2, 0.25) is 0 Å². The third-order valence-electron chi connectivity index (χ3n) is 27.3. The minimum Gasteiger partial charge on any atom is -0.309 e. The van der Waals surface area contributed by atoms with E-state index in [1.807, 2.05) is 0 Å². The van der Waals surface area contributed by atoms with Crippen molar-refractivity contribution in [3.63, 3.8) is 0 Å². The Morgan fingerprint density at radius 3 is 0.939 bits per heavy atom. The van der Waals surface area contributed by atoms with Crippen LogP contribution in [-0.2, 0) is 5.41 Å². The molecule has 0 aliphatic heterocycles. The summed E-state index contributed by atoms with van der Waals surface area (Å²) in [5.41, 5.74) is 43.3. The Labute approximate surface area is 764 Å². The average molecular weight is 1670 g/mol. The summed E-state index contributed by atoms with van der Waals surface area (Å²) >= 11 is 0. The Morgan fingerprint density at radius 1 is 0.229 bits per heavy atom. The van der Waals surface area contributed by atoms with E-state index >= 15 is 0 Å². The Bertz CT molecular complexity index is 8050. The van der Waals surface area contributed by atoms with Crippen molar-refractivity contribution in [2.45, 2.75) is 11.8 Å². The molecule has 0 N–H and O–H groups in total. The van der Waals surface area contributed by atoms with Gasteiger partial charge in [-0.2, -0.15) is 0 Å². The summed E-state index contributed by atoms with van der Waals surface area (Å²) in [6.45, 7) is 0. The monoisotopic (exact) mass is 1660 g/mol. The number of aromatic nitrogens is 2. The zero-order valence-electron chi connectivity index (χ0n) is 72.3. The van der Waals surface area contributed by atoms with E-state index in [1.165, 1.54) is 149 Å². The van der Waals surface area contributed by atoms with Gasteiger partial charge in [-0.25, -0.2) is 0 Å². The number of allylic oxidation sites excluding steroid dienone is 5. The molecule has 2 heterocycles. The Kier molecular flexibility index (Phi) is 19.7. The molecule has 2 aromatic heterocycles. The first-order chi connectivity index (χ1) is 64.9. The third kappa shape index (κ3) is 14.1. The van der Waals surface area contributed by atoms with Gasteiger partial charge < -0.3 is 9.13 Å². The second kappa shape index (κ2) is 33.2. The van der Waals surface area contributed by atoms with E-state index in [2.05, 4.69) is 525 Å². The minimum absolute atomic E-state index is 0.0465. The van der Waals surface area contributed by atoms with E-state index < -0.39 is 5.41 Å². The number of fused-ring (bicyclic) bond motifs is 15. The number of hydrogen-bond donors (Lipinski definition) is 0. The molecule has 0 amide bonds. The van der Waals surface area contributed by atoms with Crippen molar-refractivity contribution in [1.29, 1.82) is 0 Å². The second-order valence-electron chi connectivity index (χ2n) is 34.9. The number of hydrogen-bond acceptors (Lipinski definition) is 0. The van der Waals surface area contributed by atoms with Crippen LogP contribution in [0.5, 0.6) is 0 Å². The van der Waals surface area contributed by atoms with Crippen LogP contribution in [0.4, 0.5) is 0 Å². The van der Waals surface area contributed by atoms with Gasteiger partial charge in [-0.1, -0.05) is 425 Å². The van der Waals surface area contributed by atoms with Crippen LogP contribution in [0.3, 0.4) is 0 Å². The van der Waals surface area contributed by atoms with E-state index in [0.717, 1.165) is 84.5 Å². The normalized spacial score (nSPS) is 14.2. The van der Waals surface area contributed by atoms with E-state index in [0.29, 0.717) is 0 Å². The minimum atomic E-state index is -0.751. The molecule has 19 aromatic carbocycles. The quantitative estimate of drug-likeness (QED) is 0.0758. The van der Waals surface area contributed by atoms with Crippen molar-refractivity contribution in [1.82, 2.24) is 9.13 Å². The first-order valence-electron chi connectivity index (χ1n) is 45.6. The molecule has 2 heteroatoms. The van der Waals surface area contributed by atoms with Crippen LogP contribution in [0, 0.1) is 5.92 Å². The lowest BCUT2D eigenvalue weighted by Crippen LogP contribution is -2.29. The molecular weight excluding hydrogens is 1580 g/mol. The molecule has 3 aliphatic carbocycles. The number of benzene rings is 19. The Hall–Kier alpha value is -16.8. The molecule has 0 saturated heterocycles. The highest BCUT2D eigenvalue weighted by Gasteiger charge is 2.54. The van der Waals surface area contributed by atoms with E-state index in [-0.39, 0.29) is 5.92 Å². The van der Waals surface area contributed by atoms with Crippen LogP contribution >= 0.6 is 0 Å². The van der Waals surface area contributed by atoms with Crippen molar-refractivity contribution in [3.05, 3.63) is 586 Å². The highest BCUT2D eigenvalue weighted by atomic mass is 15.0. The summed E-state index contributed by atoms with van der Waals surface area (Å²) in [5.74, 6) is 0.0465. The zero-order valence-corrected chi connectivity index (χ0v) is 72.3. The third-order valence-corrected chi connectivity index (χ3v) is 27.3. The SMILES string of the molecule is C1=CC(C=C(c2ccccc2)c2ccccc2)CC2=C1c1ccc(C=C(c3ccccc3)c3ccccc3)cc1C21c2cc(C=C(c3ccccc3)c3ccccc3)ccc2-c2ccc(C=C(c3ccccc3)c3cccc(-c4ccc5c6ccc(-c7ccccc7)cc6n(-c6ccc(-c7ccc(-n8c9ccccc9c9ccc(-c%10ccccc%10)cc98)cc7)cc6)c5c4)c3)cc21. The average Bonchev–Trinajstić information content (AvgIpc) is 1.50. The lowest BCUT2D eigenvalue weighted by Gasteiger charge is -2.35. The first-order valence-corrected chi connectivity index (χ1v) is 45.6. The van der Waals surface area contributed by atoms with Gasteiger partial charge >= 0.3 is 0 Å². The summed E-state index contributed by atoms with van der Waals surface area (Å²) in [7, 11) is 0. The maximum absolute atomic E-state index is 2.58. The largest absolute Gasteiger partial charge is 0.309 e. The molecule has 0 radical (unpaired) electrons. The van der Waals surface area contributed by atoms with E-state index in [1.54, 1.807) is 0 Å². The molecule has 0 fully saturated rings. The molecule has 2 unspecified atom stereocenters. The predicted octanol–water partition coefficient (Wildman–Crippen LogP) is 33.1. The van der Waals surface area contributed by atoms with Crippen LogP contribution in [0.1, 0.15) is 89.9 Å². The molecule has 2 atom stereocenters. The zero-order chi connectivity index (χ0) is 86.7. The van der Waals surface area contributed by atoms with Gasteiger partial charge in [-0.3, -0.25) is 0 Å². The maximum Gasteiger partial charge on any atom is 0.0689 e. The van der Waals surface area contributed by atoms with Crippen LogP contribution < -0.4 is 0 Å². The molecule has 24 rings (SSSR count). The molecule has 0 saturated carbocycles. The van der Waals surface area contributed by atoms with Crippen LogP contribution in [-0.4, -0.2) is 9.13 Å². The van der Waals surface area contributed by atoms with Crippen molar-refractivity contribution >= 4 is 89.7 Å². The van der Waals surface area contributed by atoms with Crippen molar-refractivity contribution < 1.29 is 0 Å². The number of nitrogens with zero attached hydrogens (tertiary/aromatic N) is 2. The van der Waals surface area contributed by atoms with Gasteiger partial charge in [0.15, 0.2) is 0 Å². The van der Waals surface area contributed by atoms with E-state index in [9.17, 15) is 0 Å². The van der Waals surface area contributed by atoms with Gasteiger partial charge in [-0.15, -0.1) is 0 Å². The summed E-state index contributed by atoms with van der Waals surface area (Å²) in [6, 6.07) is 178. The van der Waals surface area contributed by atoms with Gasteiger partial charge in [0.05, 0.1) is 27.5 Å². The lowest BCUT2D eigenvalue weighted by atomic mass is 9.66. The van der Waals surface area contributed by atoms with Crippen molar-refractivity contribution in [2.24, 2.45) is 5.92 Å². The number of rotatable bonds is 18. The Balaban J connectivity index is 0.654. The molecule has 3 aliphatic rings. The van der Waals surface area contributed by atoms with Crippen molar-refractivity contribution in [2.75, 3.05) is 0 Å². The predicted molar refractivity (Wildman–Crippen MR) is 552 cm³/mol. The Morgan fingerprint density at radius 2 is 0.527 bits per heavy atom. The summed E-state index contributed by atoms with van der Waals surface area (Å²) in [6.07, 6.45) is 15.6. The van der Waals surface area contributed by atoms with Gasteiger partial charge in [0.2, 0.25) is 0 Å². The molecule has 614 valence electrons. The van der Waals surface area contributed by atoms with Gasteiger partial charge in [0.25, 0.3) is 0 Å². The van der Waals surface area contributed by atoms with Gasteiger partial charge in [-0.05, 0) is 276 Å². The first kappa shape index (κ1) is 77.8. The molecular formula is C129H88N2. The fourth-order valence-corrected chi connectivity index (χ4v) is 21.2. The summed E-state index contributed by atoms with van der Waals surface area (Å²) in [5, 5.41) is 4.89. The fourth-order valence-electron chi connectivity index (χ4n) is 21.2. The van der Waals surface area contributed by atoms with Gasteiger partial charge in [0, 0.05) is 32.9 Å². The lowest BCUT2D eigenvalue weighted by molar-refractivity contribution is 0.665. The topological polar surface area (TPSA) is 9.86 Å². The highest BCUT2D eigenvalue weighted by molar-refractivity contribution is 6.13. The molecule has 21 aromatic rings. The summed E-state index contributed by atoms with van der Waals surface area (Å²) < 4.78 is 4.91. The van der Waals surface area contributed by atoms with Crippen LogP contribution in [0.15, 0.2) is 503 Å². The maximum atomic E-state index is 2.58. The summed E-state index contributed by atoms with van der Waals surface area (Å²) in [4.78, 5) is 0. The van der Waals surface area contributed by atoms with Gasteiger partial charge in [0.1, 0.15) is 0 Å². The molecule has 131 heavy (non-hydrogen) atoms. The van der Waals surface area contributed by atoms with Crippen molar-refractivity contribution in [3.8, 4) is 67.0 Å². The standard InChI is InChI=1S/C129H88N2/c1-10-31-91(32-11-1)103-61-72-114-113-51-28-29-52-125(113)130(126(114)84-103)107-64-57-93(58-65-107)94-59-66-108(67-60-94)131-127-85-104(92-33-12-2-13-34-92)62-73-115(127)116-74-63-105(86-128(116)131)102-49-30-50-106(83-102)120(101-47-26-9-27-48-101)78-90-56-71-112-111-70-55-89(77-119(99-43-22-7-23-44-99)100-45-24-8-25-46-100)81-123(111)129(124(112)82-90)121-79-87(75-117(95-35-14-3-15-36-95)96-37-16-4-17-38-96)53-68-109(121)110-69-54-88(80-122(110)129)76-118(97-39-18-5-19-40-97)98-41-20-6-21-42-98/h1-79,81-86,88H,80H2. The smallest absolute Gasteiger partial charge is 0.0689 e. The van der Waals surface area contributed by atoms with E-state index in [4.69, 9.17) is 0 Å². The van der Waals surface area contributed by atoms with Crippen LogP contribution in [0.25, 0.3) is 157 Å².